The number of nitrogens with one attached hydrogen (secondary N) is 4. The number of rotatable bonds is 5. The van der Waals surface area contributed by atoms with E-state index in [2.05, 4.69) is 36.8 Å². The van der Waals surface area contributed by atoms with E-state index in [0.29, 0.717) is 23.2 Å². The zero-order valence-corrected chi connectivity index (χ0v) is 18.1. The van der Waals surface area contributed by atoms with Crippen LogP contribution >= 0.6 is 15.9 Å². The summed E-state index contributed by atoms with van der Waals surface area (Å²) in [6.45, 7) is 0.909. The van der Waals surface area contributed by atoms with Crippen LogP contribution in [-0.4, -0.2) is 33.0 Å². The Morgan fingerprint density at radius 1 is 1.10 bits per heavy atom. The maximum Gasteiger partial charge on any atom is 0.261 e. The number of sulfonamides is 1. The molecule has 1 heterocycles. The van der Waals surface area contributed by atoms with Gasteiger partial charge in [0.1, 0.15) is 0 Å². The summed E-state index contributed by atoms with van der Waals surface area (Å²) in [6.07, 6.45) is 2.83. The van der Waals surface area contributed by atoms with Crippen molar-refractivity contribution in [2.45, 2.75) is 36.2 Å². The van der Waals surface area contributed by atoms with Gasteiger partial charge < -0.3 is 5.32 Å². The maximum atomic E-state index is 12.7. The first kappa shape index (κ1) is 20.3. The Hall–Kier alpha value is -1.94. The lowest BCUT2D eigenvalue weighted by Crippen LogP contribution is -2.44. The van der Waals surface area contributed by atoms with Crippen LogP contribution in [0, 0.1) is 5.92 Å². The molecule has 1 amide bonds. The Morgan fingerprint density at radius 3 is 2.69 bits per heavy atom. The van der Waals surface area contributed by atoms with Crippen LogP contribution < -0.4 is 20.9 Å². The van der Waals surface area contributed by atoms with E-state index in [-0.39, 0.29) is 16.8 Å². The normalized spacial score (nSPS) is 24.0. The minimum Gasteiger partial charge on any atom is -0.349 e. The number of hydrogen-bond donors (Lipinski definition) is 4. The predicted molar refractivity (Wildman–Crippen MR) is 115 cm³/mol. The van der Waals surface area contributed by atoms with Crippen LogP contribution in [0.1, 0.15) is 29.6 Å². The molecular weight excluding hydrogens is 456 g/mol. The Bertz CT molecular complexity index is 997. The molecule has 2 aromatic rings. The van der Waals surface area contributed by atoms with Crippen molar-refractivity contribution in [1.82, 2.24) is 16.2 Å². The molecule has 0 spiro atoms. The first-order chi connectivity index (χ1) is 13.9. The van der Waals surface area contributed by atoms with Crippen molar-refractivity contribution in [2.75, 3.05) is 11.3 Å². The Morgan fingerprint density at radius 2 is 1.90 bits per heavy atom. The van der Waals surface area contributed by atoms with E-state index in [9.17, 15) is 13.2 Å². The van der Waals surface area contributed by atoms with Gasteiger partial charge in [-0.2, -0.15) is 0 Å². The highest BCUT2D eigenvalue weighted by atomic mass is 79.9. The average molecular weight is 479 g/mol. The molecule has 0 radical (unpaired) electrons. The fourth-order valence-corrected chi connectivity index (χ4v) is 5.31. The van der Waals surface area contributed by atoms with Crippen molar-refractivity contribution in [3.05, 3.63) is 58.6 Å². The molecule has 1 aliphatic heterocycles. The molecule has 154 valence electrons. The Labute approximate surface area is 178 Å². The number of carbonyl (C=O) groups excluding carboxylic acids is 1. The summed E-state index contributed by atoms with van der Waals surface area (Å²) in [5.41, 5.74) is 7.25. The van der Waals surface area contributed by atoms with E-state index in [4.69, 9.17) is 0 Å². The van der Waals surface area contributed by atoms with Crippen molar-refractivity contribution in [3.63, 3.8) is 0 Å². The van der Waals surface area contributed by atoms with E-state index in [0.717, 1.165) is 30.3 Å². The number of hydrogen-bond acceptors (Lipinski definition) is 5. The fraction of sp³-hybridized carbons (Fsp3) is 0.350. The molecule has 0 bridgehead atoms. The molecule has 4 N–H and O–H groups in total. The van der Waals surface area contributed by atoms with Crippen LogP contribution in [0.5, 0.6) is 0 Å². The summed E-state index contributed by atoms with van der Waals surface area (Å²) in [6, 6.07) is 13.6. The maximum absolute atomic E-state index is 12.7. The quantitative estimate of drug-likeness (QED) is 0.529. The van der Waals surface area contributed by atoms with Crippen molar-refractivity contribution < 1.29 is 13.2 Å². The van der Waals surface area contributed by atoms with Gasteiger partial charge in [-0.15, -0.1) is 0 Å². The van der Waals surface area contributed by atoms with E-state index >= 15 is 0 Å². The third kappa shape index (κ3) is 4.80. The lowest BCUT2D eigenvalue weighted by atomic mass is 9.83. The van der Waals surface area contributed by atoms with Gasteiger partial charge >= 0.3 is 0 Å². The second kappa shape index (κ2) is 8.43. The van der Waals surface area contributed by atoms with E-state index < -0.39 is 10.0 Å². The zero-order chi connectivity index (χ0) is 20.4. The number of amides is 1. The molecule has 29 heavy (non-hydrogen) atoms. The Kier molecular flexibility index (Phi) is 5.91. The van der Waals surface area contributed by atoms with Gasteiger partial charge in [-0.3, -0.25) is 20.4 Å². The SMILES string of the molecule is O=C(NC1CCC2NNCC2C1)c1cccc(S(=O)(=O)Nc2ccc(Br)cc2)c1. The first-order valence-electron chi connectivity index (χ1n) is 9.58. The van der Waals surface area contributed by atoms with Crippen LogP contribution in [0.4, 0.5) is 5.69 Å². The van der Waals surface area contributed by atoms with Gasteiger partial charge in [-0.1, -0.05) is 22.0 Å². The van der Waals surface area contributed by atoms with Crippen LogP contribution in [-0.2, 0) is 10.0 Å². The number of benzene rings is 2. The third-order valence-electron chi connectivity index (χ3n) is 5.47. The van der Waals surface area contributed by atoms with E-state index in [1.54, 1.807) is 36.4 Å². The summed E-state index contributed by atoms with van der Waals surface area (Å²) in [5.74, 6) is 0.268. The molecule has 1 saturated carbocycles. The molecule has 2 fully saturated rings. The van der Waals surface area contributed by atoms with Gasteiger partial charge in [0, 0.05) is 34.4 Å². The monoisotopic (exact) mass is 478 g/mol. The number of anilines is 1. The molecule has 2 aromatic carbocycles. The van der Waals surface area contributed by atoms with Gasteiger partial charge in [-0.05, 0) is 67.6 Å². The van der Waals surface area contributed by atoms with Crippen LogP contribution in [0.25, 0.3) is 0 Å². The number of hydrazine groups is 1. The predicted octanol–water partition coefficient (Wildman–Crippen LogP) is 2.62. The molecule has 0 aromatic heterocycles. The standard InChI is InChI=1S/C20H23BrN4O3S/c21-15-4-6-16(7-5-15)25-29(27,28)18-3-1-2-13(11-18)20(26)23-17-8-9-19-14(10-17)12-22-24-19/h1-7,11,14,17,19,22,24-25H,8-10,12H2,(H,23,26). The molecule has 2 aliphatic rings. The molecule has 3 unspecified atom stereocenters. The lowest BCUT2D eigenvalue weighted by Gasteiger charge is -2.31. The topological polar surface area (TPSA) is 99.3 Å². The number of halogens is 1. The van der Waals surface area contributed by atoms with Gasteiger partial charge in [0.25, 0.3) is 15.9 Å². The van der Waals surface area contributed by atoms with Crippen molar-refractivity contribution >= 4 is 37.5 Å². The molecule has 3 atom stereocenters. The van der Waals surface area contributed by atoms with Crippen LogP contribution in [0.15, 0.2) is 57.9 Å². The smallest absolute Gasteiger partial charge is 0.261 e. The van der Waals surface area contributed by atoms with Crippen LogP contribution in [0.3, 0.4) is 0 Å². The van der Waals surface area contributed by atoms with Gasteiger partial charge in [0.05, 0.1) is 4.90 Å². The second-order valence-electron chi connectivity index (χ2n) is 7.52. The zero-order valence-electron chi connectivity index (χ0n) is 15.7. The molecule has 1 saturated heterocycles. The summed E-state index contributed by atoms with van der Waals surface area (Å²) < 4.78 is 28.8. The number of carbonyl (C=O) groups is 1. The van der Waals surface area contributed by atoms with Gasteiger partial charge in [-0.25, -0.2) is 8.42 Å². The highest BCUT2D eigenvalue weighted by Gasteiger charge is 2.34. The number of fused-ring (bicyclic) bond motifs is 1. The molecule has 9 heteroatoms. The lowest BCUT2D eigenvalue weighted by molar-refractivity contribution is 0.0918. The summed E-state index contributed by atoms with van der Waals surface area (Å²) in [4.78, 5) is 12.8. The Balaban J connectivity index is 1.44. The minimum atomic E-state index is -3.79. The van der Waals surface area contributed by atoms with Crippen LogP contribution in [0.2, 0.25) is 0 Å². The highest BCUT2D eigenvalue weighted by Crippen LogP contribution is 2.27. The molecule has 7 nitrogen and oxygen atoms in total. The minimum absolute atomic E-state index is 0.0565. The second-order valence-corrected chi connectivity index (χ2v) is 10.1. The van der Waals surface area contributed by atoms with Gasteiger partial charge in [0.15, 0.2) is 0 Å². The molecular formula is C20H23BrN4O3S. The molecule has 4 rings (SSSR count). The highest BCUT2D eigenvalue weighted by molar-refractivity contribution is 9.10. The molecule has 1 aliphatic carbocycles. The summed E-state index contributed by atoms with van der Waals surface area (Å²) in [5, 5.41) is 3.07. The first-order valence-corrected chi connectivity index (χ1v) is 11.9. The summed E-state index contributed by atoms with van der Waals surface area (Å²) in [7, 11) is -3.79. The van der Waals surface area contributed by atoms with Gasteiger partial charge in [0.2, 0.25) is 0 Å². The third-order valence-corrected chi connectivity index (χ3v) is 7.38. The fourth-order valence-electron chi connectivity index (χ4n) is 3.94. The van der Waals surface area contributed by atoms with Crippen molar-refractivity contribution in [1.29, 1.82) is 0 Å². The largest absolute Gasteiger partial charge is 0.349 e. The van der Waals surface area contributed by atoms with Crippen molar-refractivity contribution in [3.8, 4) is 0 Å². The van der Waals surface area contributed by atoms with E-state index in [1.807, 2.05) is 0 Å². The van der Waals surface area contributed by atoms with E-state index in [1.165, 1.54) is 12.1 Å². The summed E-state index contributed by atoms with van der Waals surface area (Å²) >= 11 is 3.32. The van der Waals surface area contributed by atoms with Crippen molar-refractivity contribution in [2.24, 2.45) is 5.92 Å². The average Bonchev–Trinajstić information content (AvgIpc) is 3.17.